The monoisotopic (exact) mass is 258 g/mol. The van der Waals surface area contributed by atoms with Crippen LogP contribution in [0.2, 0.25) is 0 Å². The molecule has 1 aliphatic rings. The minimum Gasteiger partial charge on any atom is -0.365 e. The van der Waals surface area contributed by atoms with Gasteiger partial charge in [0.05, 0.1) is 0 Å². The number of hydrogen-bond acceptors (Lipinski definition) is 4. The van der Waals surface area contributed by atoms with Crippen LogP contribution in [-0.4, -0.2) is 16.5 Å². The molecule has 0 aromatic heterocycles. The molecule has 1 heterocycles. The maximum Gasteiger partial charge on any atom is 0.288 e. The maximum absolute atomic E-state index is 11.5. The van der Waals surface area contributed by atoms with Gasteiger partial charge in [0.2, 0.25) is 0 Å². The highest BCUT2D eigenvalue weighted by atomic mass is 32.2. The third-order valence-electron chi connectivity index (χ3n) is 2.76. The summed E-state index contributed by atoms with van der Waals surface area (Å²) in [7, 11) is 0. The smallest absolute Gasteiger partial charge is 0.288 e. The van der Waals surface area contributed by atoms with Crippen molar-refractivity contribution in [2.24, 2.45) is 0 Å². The molecule has 0 radical (unpaired) electrons. The first-order valence-corrected chi connectivity index (χ1v) is 6.38. The Kier molecular flexibility index (Phi) is 2.68. The van der Waals surface area contributed by atoms with Crippen molar-refractivity contribution in [1.82, 2.24) is 5.32 Å². The van der Waals surface area contributed by atoms with Gasteiger partial charge in [-0.2, -0.15) is 0 Å². The summed E-state index contributed by atoms with van der Waals surface area (Å²) in [4.78, 5) is 22.6. The van der Waals surface area contributed by atoms with Crippen LogP contribution in [-0.2, 0) is 4.79 Å². The molecule has 1 saturated heterocycles. The molecule has 0 spiro atoms. The summed E-state index contributed by atoms with van der Waals surface area (Å²) in [5, 5.41) is 6.62. The molecular formula is C13H10N2O2S. The van der Waals surface area contributed by atoms with E-state index < -0.39 is 5.37 Å². The molecule has 0 saturated carbocycles. The number of amides is 2. The van der Waals surface area contributed by atoms with Crippen molar-refractivity contribution in [3.05, 3.63) is 42.5 Å². The second-order valence-electron chi connectivity index (χ2n) is 3.95. The average molecular weight is 258 g/mol. The number of anilines is 1. The Morgan fingerprint density at radius 2 is 1.83 bits per heavy atom. The van der Waals surface area contributed by atoms with E-state index in [0.717, 1.165) is 28.2 Å². The number of carbonyl (C=O) groups is 2. The van der Waals surface area contributed by atoms with Gasteiger partial charge in [0.25, 0.3) is 11.1 Å². The summed E-state index contributed by atoms with van der Waals surface area (Å²) < 4.78 is 0. The molecule has 4 nitrogen and oxygen atoms in total. The summed E-state index contributed by atoms with van der Waals surface area (Å²) in [6.45, 7) is 0. The third-order valence-corrected chi connectivity index (χ3v) is 3.65. The van der Waals surface area contributed by atoms with Gasteiger partial charge in [-0.1, -0.05) is 36.4 Å². The van der Waals surface area contributed by atoms with Crippen LogP contribution in [0, 0.1) is 0 Å². The van der Waals surface area contributed by atoms with Gasteiger partial charge < -0.3 is 5.32 Å². The van der Waals surface area contributed by atoms with Crippen LogP contribution >= 0.6 is 11.8 Å². The Balaban J connectivity index is 1.95. The topological polar surface area (TPSA) is 58.2 Å². The highest BCUT2D eigenvalue weighted by Gasteiger charge is 2.31. The van der Waals surface area contributed by atoms with E-state index >= 15 is 0 Å². The SMILES string of the molecule is O=C1NC(=O)[C@@H](Nc2cccc3ccccc23)S1. The van der Waals surface area contributed by atoms with Crippen molar-refractivity contribution in [3.8, 4) is 0 Å². The van der Waals surface area contributed by atoms with E-state index in [4.69, 9.17) is 0 Å². The first-order chi connectivity index (χ1) is 8.74. The average Bonchev–Trinajstić information content (AvgIpc) is 2.68. The van der Waals surface area contributed by atoms with Gasteiger partial charge in [0.1, 0.15) is 0 Å². The standard InChI is InChI=1S/C13H10N2O2S/c16-11-12(18-13(17)15-11)14-10-7-3-5-8-4-1-2-6-9(8)10/h1-7,12,14H,(H,15,16,17)/t12-/m0/s1. The van der Waals surface area contributed by atoms with Crippen molar-refractivity contribution in [2.75, 3.05) is 5.32 Å². The maximum atomic E-state index is 11.5. The number of thioether (sulfide) groups is 1. The van der Waals surface area contributed by atoms with E-state index in [1.54, 1.807) is 0 Å². The molecule has 2 aromatic carbocycles. The molecule has 2 amide bonds. The quantitative estimate of drug-likeness (QED) is 0.869. The number of fused-ring (bicyclic) bond motifs is 1. The second-order valence-corrected chi connectivity index (χ2v) is 5.02. The predicted octanol–water partition coefficient (Wildman–Crippen LogP) is 2.56. The van der Waals surface area contributed by atoms with E-state index in [0.29, 0.717) is 0 Å². The number of hydrogen-bond donors (Lipinski definition) is 2. The highest BCUT2D eigenvalue weighted by molar-refractivity contribution is 8.15. The minimum absolute atomic E-state index is 0.294. The van der Waals surface area contributed by atoms with E-state index in [2.05, 4.69) is 10.6 Å². The van der Waals surface area contributed by atoms with Gasteiger partial charge in [-0.15, -0.1) is 0 Å². The molecule has 0 aliphatic carbocycles. The second kappa shape index (κ2) is 4.34. The lowest BCUT2D eigenvalue weighted by Crippen LogP contribution is -2.29. The largest absolute Gasteiger partial charge is 0.365 e. The number of carbonyl (C=O) groups excluding carboxylic acids is 2. The molecule has 1 aliphatic heterocycles. The van der Waals surface area contributed by atoms with Crippen LogP contribution in [0.3, 0.4) is 0 Å². The van der Waals surface area contributed by atoms with Crippen LogP contribution in [0.25, 0.3) is 10.8 Å². The Hall–Kier alpha value is -2.01. The summed E-state index contributed by atoms with van der Waals surface area (Å²) in [6.07, 6.45) is 0. The molecular weight excluding hydrogens is 248 g/mol. The zero-order valence-electron chi connectivity index (χ0n) is 9.34. The fourth-order valence-corrected chi connectivity index (χ4v) is 2.67. The van der Waals surface area contributed by atoms with Crippen LogP contribution in [0.1, 0.15) is 0 Å². The van der Waals surface area contributed by atoms with Crippen LogP contribution in [0.5, 0.6) is 0 Å². The van der Waals surface area contributed by atoms with Gasteiger partial charge in [0, 0.05) is 11.1 Å². The first-order valence-electron chi connectivity index (χ1n) is 5.50. The third kappa shape index (κ3) is 1.93. The van der Waals surface area contributed by atoms with Gasteiger partial charge in [-0.3, -0.25) is 14.9 Å². The Morgan fingerprint density at radius 3 is 2.61 bits per heavy atom. The molecule has 5 heteroatoms. The fraction of sp³-hybridized carbons (Fsp3) is 0.0769. The van der Waals surface area contributed by atoms with Gasteiger partial charge >= 0.3 is 0 Å². The molecule has 1 atom stereocenters. The molecule has 3 rings (SSSR count). The van der Waals surface area contributed by atoms with E-state index in [-0.39, 0.29) is 11.1 Å². The zero-order chi connectivity index (χ0) is 12.5. The molecule has 18 heavy (non-hydrogen) atoms. The summed E-state index contributed by atoms with van der Waals surface area (Å²) in [5.74, 6) is -0.294. The van der Waals surface area contributed by atoms with Crippen molar-refractivity contribution < 1.29 is 9.59 Å². The molecule has 0 unspecified atom stereocenters. The Labute approximate surface area is 108 Å². The van der Waals surface area contributed by atoms with Crippen molar-refractivity contribution >= 4 is 39.4 Å². The van der Waals surface area contributed by atoms with Gasteiger partial charge in [-0.25, -0.2) is 0 Å². The van der Waals surface area contributed by atoms with Crippen molar-refractivity contribution in [3.63, 3.8) is 0 Å². The van der Waals surface area contributed by atoms with E-state index in [1.165, 1.54) is 0 Å². The minimum atomic E-state index is -0.552. The zero-order valence-corrected chi connectivity index (χ0v) is 10.2. The van der Waals surface area contributed by atoms with Gasteiger partial charge in [0.15, 0.2) is 5.37 Å². The lowest BCUT2D eigenvalue weighted by molar-refractivity contribution is -0.118. The number of rotatable bonds is 2. The fourth-order valence-electron chi connectivity index (χ4n) is 1.94. The molecule has 2 aromatic rings. The highest BCUT2D eigenvalue weighted by Crippen LogP contribution is 2.27. The predicted molar refractivity (Wildman–Crippen MR) is 72.5 cm³/mol. The summed E-state index contributed by atoms with van der Waals surface area (Å²) >= 11 is 0.966. The molecule has 90 valence electrons. The van der Waals surface area contributed by atoms with Crippen molar-refractivity contribution in [2.45, 2.75) is 5.37 Å². The Morgan fingerprint density at radius 1 is 1.06 bits per heavy atom. The van der Waals surface area contributed by atoms with E-state index in [9.17, 15) is 9.59 Å². The number of imide groups is 1. The van der Waals surface area contributed by atoms with Crippen LogP contribution < -0.4 is 10.6 Å². The Bertz CT molecular complexity index is 636. The van der Waals surface area contributed by atoms with Crippen LogP contribution in [0.4, 0.5) is 10.5 Å². The summed E-state index contributed by atoms with van der Waals surface area (Å²) in [6, 6.07) is 13.7. The normalized spacial score (nSPS) is 19.0. The van der Waals surface area contributed by atoms with Crippen molar-refractivity contribution in [1.29, 1.82) is 0 Å². The van der Waals surface area contributed by atoms with E-state index in [1.807, 2.05) is 42.5 Å². The molecule has 0 bridgehead atoms. The molecule has 2 N–H and O–H groups in total. The first kappa shape index (κ1) is 11.1. The van der Waals surface area contributed by atoms with Gasteiger partial charge in [-0.05, 0) is 23.2 Å². The number of nitrogens with one attached hydrogen (secondary N) is 2. The van der Waals surface area contributed by atoms with Crippen LogP contribution in [0.15, 0.2) is 42.5 Å². The lowest BCUT2D eigenvalue weighted by Gasteiger charge is -2.12. The summed E-state index contributed by atoms with van der Waals surface area (Å²) in [5.41, 5.74) is 0.857. The molecule has 1 fully saturated rings. The lowest BCUT2D eigenvalue weighted by atomic mass is 10.1. The number of benzene rings is 2.